The van der Waals surface area contributed by atoms with Gasteiger partial charge in [0.15, 0.2) is 5.15 Å². The van der Waals surface area contributed by atoms with E-state index in [1.54, 1.807) is 12.4 Å². The third-order valence-electron chi connectivity index (χ3n) is 2.34. The third kappa shape index (κ3) is 2.20. The van der Waals surface area contributed by atoms with Gasteiger partial charge in [0, 0.05) is 32.0 Å². The molecule has 0 amide bonds. The summed E-state index contributed by atoms with van der Waals surface area (Å²) < 4.78 is 0. The van der Waals surface area contributed by atoms with Crippen LogP contribution in [0.15, 0.2) is 12.4 Å². The van der Waals surface area contributed by atoms with Gasteiger partial charge in [0.05, 0.1) is 11.8 Å². The maximum absolute atomic E-state index is 9.34. The smallest absolute Gasteiger partial charge is 0.151 e. The molecule has 1 aromatic rings. The maximum Gasteiger partial charge on any atom is 0.151 e. The van der Waals surface area contributed by atoms with Crippen molar-refractivity contribution >= 4 is 11.6 Å². The molecule has 5 heteroatoms. The van der Waals surface area contributed by atoms with Crippen LogP contribution in [0.3, 0.4) is 0 Å². The number of aliphatic hydroxyl groups excluding tert-OH is 1. The minimum Gasteiger partial charge on any atom is -0.392 e. The van der Waals surface area contributed by atoms with Crippen LogP contribution in [-0.4, -0.2) is 39.2 Å². The van der Waals surface area contributed by atoms with Gasteiger partial charge in [0.25, 0.3) is 0 Å². The van der Waals surface area contributed by atoms with Crippen molar-refractivity contribution in [3.63, 3.8) is 0 Å². The van der Waals surface area contributed by atoms with Gasteiger partial charge in [-0.2, -0.15) is 0 Å². The predicted molar refractivity (Wildman–Crippen MR) is 52.9 cm³/mol. The number of likely N-dealkylation sites (tertiary alicyclic amines) is 1. The summed E-state index contributed by atoms with van der Waals surface area (Å²) in [5.41, 5.74) is 0.781. The molecule has 1 atom stereocenters. The fraction of sp³-hybridized carbons (Fsp3) is 0.556. The highest BCUT2D eigenvalue weighted by atomic mass is 35.5. The van der Waals surface area contributed by atoms with E-state index in [2.05, 4.69) is 14.9 Å². The summed E-state index contributed by atoms with van der Waals surface area (Å²) in [4.78, 5) is 10.2. The van der Waals surface area contributed by atoms with Crippen molar-refractivity contribution in [3.8, 4) is 0 Å². The molecule has 0 saturated carbocycles. The second kappa shape index (κ2) is 4.21. The van der Waals surface area contributed by atoms with Gasteiger partial charge in [0.1, 0.15) is 0 Å². The zero-order valence-electron chi connectivity index (χ0n) is 7.73. The summed E-state index contributed by atoms with van der Waals surface area (Å²) in [5.74, 6) is 0. The monoisotopic (exact) mass is 213 g/mol. The van der Waals surface area contributed by atoms with Gasteiger partial charge in [-0.1, -0.05) is 11.6 Å². The molecule has 1 aliphatic heterocycles. The predicted octanol–water partition coefficient (Wildman–Crippen LogP) is 0.697. The lowest BCUT2D eigenvalue weighted by molar-refractivity contribution is 0.174. The number of rotatable bonds is 2. The highest BCUT2D eigenvalue weighted by molar-refractivity contribution is 6.29. The van der Waals surface area contributed by atoms with E-state index < -0.39 is 0 Å². The topological polar surface area (TPSA) is 49.2 Å². The first-order valence-electron chi connectivity index (χ1n) is 4.61. The first kappa shape index (κ1) is 9.83. The molecule has 14 heavy (non-hydrogen) atoms. The van der Waals surface area contributed by atoms with Gasteiger partial charge >= 0.3 is 0 Å². The van der Waals surface area contributed by atoms with Gasteiger partial charge in [-0.15, -0.1) is 0 Å². The number of hydrogen-bond donors (Lipinski definition) is 1. The molecule has 2 heterocycles. The Balaban J connectivity index is 2.01. The van der Waals surface area contributed by atoms with Crippen LogP contribution in [0.2, 0.25) is 5.15 Å². The van der Waals surface area contributed by atoms with E-state index >= 15 is 0 Å². The molecule has 0 spiro atoms. The molecule has 1 aliphatic rings. The highest BCUT2D eigenvalue weighted by Gasteiger charge is 2.21. The third-order valence-corrected chi connectivity index (χ3v) is 2.66. The average molecular weight is 214 g/mol. The van der Waals surface area contributed by atoms with Crippen LogP contribution in [0, 0.1) is 0 Å². The Morgan fingerprint density at radius 2 is 2.29 bits per heavy atom. The molecule has 1 aromatic heterocycles. The van der Waals surface area contributed by atoms with Crippen LogP contribution in [0.4, 0.5) is 0 Å². The quantitative estimate of drug-likeness (QED) is 0.786. The molecule has 1 fully saturated rings. The van der Waals surface area contributed by atoms with Crippen LogP contribution < -0.4 is 0 Å². The number of nitrogens with zero attached hydrogens (tertiary/aromatic N) is 3. The molecule has 2 rings (SSSR count). The Morgan fingerprint density at radius 1 is 1.50 bits per heavy atom. The first-order valence-corrected chi connectivity index (χ1v) is 4.99. The molecule has 1 saturated heterocycles. The Kier molecular flexibility index (Phi) is 2.96. The first-order chi connectivity index (χ1) is 6.75. The number of aromatic nitrogens is 2. The summed E-state index contributed by atoms with van der Waals surface area (Å²) in [6.07, 6.45) is 3.83. The number of aliphatic hydroxyl groups is 1. The molecule has 0 aromatic carbocycles. The number of β-amino-alcohol motifs (C(OH)–C–C–N with tert-alkyl or cyclic N) is 1. The minimum atomic E-state index is -0.203. The average Bonchev–Trinajstić information content (AvgIpc) is 2.56. The van der Waals surface area contributed by atoms with E-state index in [1.807, 2.05) is 0 Å². The Bertz CT molecular complexity index is 321. The van der Waals surface area contributed by atoms with E-state index in [0.29, 0.717) is 18.2 Å². The molecule has 0 radical (unpaired) electrons. The molecule has 1 N–H and O–H groups in total. The molecule has 76 valence electrons. The Morgan fingerprint density at radius 3 is 2.93 bits per heavy atom. The lowest BCUT2D eigenvalue weighted by Gasteiger charge is -2.14. The van der Waals surface area contributed by atoms with Crippen molar-refractivity contribution in [2.24, 2.45) is 0 Å². The van der Waals surface area contributed by atoms with Gasteiger partial charge < -0.3 is 5.11 Å². The lowest BCUT2D eigenvalue weighted by atomic mass is 10.3. The second-order valence-electron chi connectivity index (χ2n) is 3.47. The van der Waals surface area contributed by atoms with Crippen LogP contribution >= 0.6 is 11.6 Å². The maximum atomic E-state index is 9.34. The standard InChI is InChI=1S/C9H12ClN3O/c10-9-8(11-2-3-12-9)6-13-4-1-7(14)5-13/h2-3,7,14H,1,4-6H2. The van der Waals surface area contributed by atoms with E-state index in [9.17, 15) is 5.11 Å². The van der Waals surface area contributed by atoms with Gasteiger partial charge in [0.2, 0.25) is 0 Å². The van der Waals surface area contributed by atoms with Crippen molar-refractivity contribution in [3.05, 3.63) is 23.2 Å². The second-order valence-corrected chi connectivity index (χ2v) is 3.83. The number of halogens is 1. The molecular formula is C9H12ClN3O. The van der Waals surface area contributed by atoms with E-state index in [0.717, 1.165) is 18.7 Å². The fourth-order valence-electron chi connectivity index (χ4n) is 1.62. The summed E-state index contributed by atoms with van der Waals surface area (Å²) in [6.45, 7) is 2.27. The van der Waals surface area contributed by atoms with Crippen molar-refractivity contribution < 1.29 is 5.11 Å². The van der Waals surface area contributed by atoms with Crippen LogP contribution in [-0.2, 0) is 6.54 Å². The summed E-state index contributed by atoms with van der Waals surface area (Å²) in [5, 5.41) is 9.79. The normalized spacial score (nSPS) is 22.9. The van der Waals surface area contributed by atoms with Crippen LogP contribution in [0.1, 0.15) is 12.1 Å². The zero-order valence-corrected chi connectivity index (χ0v) is 8.48. The summed E-state index contributed by atoms with van der Waals surface area (Å²) in [7, 11) is 0. The van der Waals surface area contributed by atoms with Crippen molar-refractivity contribution in [2.75, 3.05) is 13.1 Å². The Hall–Kier alpha value is -0.710. The molecule has 0 bridgehead atoms. The van der Waals surface area contributed by atoms with Crippen molar-refractivity contribution in [2.45, 2.75) is 19.1 Å². The van der Waals surface area contributed by atoms with Crippen LogP contribution in [0.25, 0.3) is 0 Å². The van der Waals surface area contributed by atoms with E-state index in [-0.39, 0.29) is 6.10 Å². The lowest BCUT2D eigenvalue weighted by Crippen LogP contribution is -2.22. The summed E-state index contributed by atoms with van der Waals surface area (Å²) in [6, 6.07) is 0. The fourth-order valence-corrected chi connectivity index (χ4v) is 1.79. The van der Waals surface area contributed by atoms with E-state index in [1.165, 1.54) is 0 Å². The van der Waals surface area contributed by atoms with Gasteiger partial charge in [-0.05, 0) is 6.42 Å². The van der Waals surface area contributed by atoms with Crippen molar-refractivity contribution in [1.29, 1.82) is 0 Å². The van der Waals surface area contributed by atoms with Crippen molar-refractivity contribution in [1.82, 2.24) is 14.9 Å². The summed E-state index contributed by atoms with van der Waals surface area (Å²) >= 11 is 5.88. The molecule has 0 aliphatic carbocycles. The molecular weight excluding hydrogens is 202 g/mol. The largest absolute Gasteiger partial charge is 0.392 e. The number of hydrogen-bond acceptors (Lipinski definition) is 4. The highest BCUT2D eigenvalue weighted by Crippen LogP contribution is 2.15. The SMILES string of the molecule is OC1CCN(Cc2nccnc2Cl)C1. The van der Waals surface area contributed by atoms with E-state index in [4.69, 9.17) is 11.6 Å². The molecule has 1 unspecified atom stereocenters. The molecule has 4 nitrogen and oxygen atoms in total. The minimum absolute atomic E-state index is 0.203. The van der Waals surface area contributed by atoms with Crippen LogP contribution in [0.5, 0.6) is 0 Å². The Labute approximate surface area is 87.5 Å². The zero-order chi connectivity index (χ0) is 9.97. The van der Waals surface area contributed by atoms with Gasteiger partial charge in [-0.3, -0.25) is 9.88 Å². The van der Waals surface area contributed by atoms with Gasteiger partial charge in [-0.25, -0.2) is 4.98 Å².